The van der Waals surface area contributed by atoms with Gasteiger partial charge in [0.25, 0.3) is 5.91 Å². The van der Waals surface area contributed by atoms with Crippen molar-refractivity contribution in [3.63, 3.8) is 0 Å². The highest BCUT2D eigenvalue weighted by Gasteiger charge is 2.29. The van der Waals surface area contributed by atoms with Crippen molar-refractivity contribution in [2.75, 3.05) is 26.7 Å². The second-order valence-corrected chi connectivity index (χ2v) is 9.61. The monoisotopic (exact) mass is 472 g/mol. The normalized spacial score (nSPS) is 22.6. The first-order chi connectivity index (χ1) is 16.2. The van der Waals surface area contributed by atoms with Gasteiger partial charge in [-0.05, 0) is 49.7 Å². The van der Waals surface area contributed by atoms with E-state index in [1.165, 1.54) is 4.90 Å². The summed E-state index contributed by atoms with van der Waals surface area (Å²) in [6.07, 6.45) is 2.80. The topological polar surface area (TPSA) is 117 Å². The third-order valence-corrected chi connectivity index (χ3v) is 6.08. The second kappa shape index (κ2) is 11.9. The Kier molecular flexibility index (Phi) is 8.90. The molecule has 1 aromatic carbocycles. The molecule has 9 nitrogen and oxygen atoms in total. The number of amides is 4. The highest BCUT2D eigenvalue weighted by Crippen LogP contribution is 2.27. The summed E-state index contributed by atoms with van der Waals surface area (Å²) in [4.78, 5) is 53.2. The molecule has 0 saturated heterocycles. The quantitative estimate of drug-likeness (QED) is 0.600. The highest BCUT2D eigenvalue weighted by atomic mass is 16.5. The lowest BCUT2D eigenvalue weighted by atomic mass is 10.0. The van der Waals surface area contributed by atoms with Crippen molar-refractivity contribution in [3.05, 3.63) is 29.8 Å². The van der Waals surface area contributed by atoms with Crippen molar-refractivity contribution in [3.8, 4) is 5.75 Å². The van der Waals surface area contributed by atoms with Gasteiger partial charge in [0.2, 0.25) is 17.7 Å². The molecule has 1 aromatic rings. The van der Waals surface area contributed by atoms with Crippen molar-refractivity contribution in [2.45, 2.75) is 58.0 Å². The smallest absolute Gasteiger partial charge is 0.255 e. The van der Waals surface area contributed by atoms with Crippen LogP contribution < -0.4 is 20.7 Å². The third-order valence-electron chi connectivity index (χ3n) is 6.08. The number of hydrogen-bond acceptors (Lipinski definition) is 5. The van der Waals surface area contributed by atoms with Crippen LogP contribution in [0.15, 0.2) is 24.3 Å². The second-order valence-electron chi connectivity index (χ2n) is 9.61. The van der Waals surface area contributed by atoms with Crippen LogP contribution in [0.2, 0.25) is 0 Å². The first-order valence-corrected chi connectivity index (χ1v) is 12.1. The fourth-order valence-corrected chi connectivity index (χ4v) is 3.88. The minimum atomic E-state index is -0.878. The molecule has 0 unspecified atom stereocenters. The first kappa shape index (κ1) is 25.5. The Balaban J connectivity index is 1.82. The number of likely N-dealkylation sites (N-methyl/N-ethyl adjacent to an activating group) is 1. The average molecular weight is 473 g/mol. The van der Waals surface area contributed by atoms with Crippen LogP contribution in [-0.2, 0) is 14.4 Å². The first-order valence-electron chi connectivity index (χ1n) is 12.1. The van der Waals surface area contributed by atoms with E-state index >= 15 is 0 Å². The predicted octanol–water partition coefficient (Wildman–Crippen LogP) is 1.47. The number of para-hydroxylation sites is 1. The molecular formula is C25H36N4O5. The predicted molar refractivity (Wildman–Crippen MR) is 127 cm³/mol. The Morgan fingerprint density at radius 1 is 1.15 bits per heavy atom. The van der Waals surface area contributed by atoms with E-state index in [0.29, 0.717) is 36.7 Å². The minimum absolute atomic E-state index is 0.00549. The van der Waals surface area contributed by atoms with E-state index in [4.69, 9.17) is 4.74 Å². The lowest BCUT2D eigenvalue weighted by Gasteiger charge is -2.26. The van der Waals surface area contributed by atoms with Gasteiger partial charge in [-0.2, -0.15) is 0 Å². The van der Waals surface area contributed by atoms with Crippen molar-refractivity contribution in [2.24, 2.45) is 11.8 Å². The molecule has 1 aliphatic carbocycles. The molecule has 9 heteroatoms. The molecule has 1 fully saturated rings. The number of ether oxygens (including phenoxy) is 1. The van der Waals surface area contributed by atoms with Crippen molar-refractivity contribution >= 4 is 23.6 Å². The van der Waals surface area contributed by atoms with E-state index in [1.807, 2.05) is 13.8 Å². The molecule has 0 radical (unpaired) electrons. The summed E-state index contributed by atoms with van der Waals surface area (Å²) < 4.78 is 5.83. The van der Waals surface area contributed by atoms with Crippen LogP contribution in [-0.4, -0.2) is 67.4 Å². The average Bonchev–Trinajstić information content (AvgIpc) is 3.63. The fraction of sp³-hybridized carbons (Fsp3) is 0.600. The molecule has 34 heavy (non-hydrogen) atoms. The molecular weight excluding hydrogens is 436 g/mol. The van der Waals surface area contributed by atoms with Crippen molar-refractivity contribution in [1.82, 2.24) is 20.9 Å². The van der Waals surface area contributed by atoms with Gasteiger partial charge in [0.05, 0.1) is 12.1 Å². The zero-order chi connectivity index (χ0) is 24.7. The summed E-state index contributed by atoms with van der Waals surface area (Å²) in [5.41, 5.74) is 0.300. The van der Waals surface area contributed by atoms with E-state index in [2.05, 4.69) is 16.0 Å². The van der Waals surface area contributed by atoms with Crippen LogP contribution in [0.1, 0.15) is 56.3 Å². The standard InChI is InChI=1S/C25H36N4O5/c1-16(2)14-20-25(33)29(3)12-13-34-21-7-5-4-6-18(21)23(31)28-19(10-11-22(30)27-20)24(32)26-15-17-8-9-17/h4-7,16-17,19-20H,8-15H2,1-3H3,(H,26,32)(H,27,30)(H,28,31)/t19-,20-/m0/s1. The molecule has 2 aliphatic rings. The van der Waals surface area contributed by atoms with E-state index < -0.39 is 18.0 Å². The Hall–Kier alpha value is -3.10. The van der Waals surface area contributed by atoms with Crippen LogP contribution in [0, 0.1) is 11.8 Å². The number of benzene rings is 1. The molecule has 0 aromatic heterocycles. The maximum absolute atomic E-state index is 13.0. The van der Waals surface area contributed by atoms with Gasteiger partial charge in [-0.15, -0.1) is 0 Å². The van der Waals surface area contributed by atoms with Gasteiger partial charge >= 0.3 is 0 Å². The molecule has 3 rings (SSSR count). The van der Waals surface area contributed by atoms with Crippen LogP contribution in [0.5, 0.6) is 5.75 Å². The zero-order valence-corrected chi connectivity index (χ0v) is 20.3. The van der Waals surface area contributed by atoms with E-state index in [0.717, 1.165) is 12.8 Å². The number of fused-ring (bicyclic) bond motifs is 1. The molecule has 2 atom stereocenters. The number of carbonyl (C=O) groups excluding carboxylic acids is 4. The Morgan fingerprint density at radius 2 is 1.88 bits per heavy atom. The number of rotatable bonds is 5. The molecule has 4 amide bonds. The largest absolute Gasteiger partial charge is 0.491 e. The van der Waals surface area contributed by atoms with Gasteiger partial charge in [0.15, 0.2) is 0 Å². The van der Waals surface area contributed by atoms with Crippen LogP contribution in [0.4, 0.5) is 0 Å². The Bertz CT molecular complexity index is 899. The SMILES string of the molecule is CC(C)C[C@@H]1NC(=O)CC[C@@H](C(=O)NCC2CC2)NC(=O)c2ccccc2OCCN(C)C1=O. The van der Waals surface area contributed by atoms with Crippen molar-refractivity contribution in [1.29, 1.82) is 0 Å². The summed E-state index contributed by atoms with van der Waals surface area (Å²) in [5.74, 6) is -0.215. The zero-order valence-electron chi connectivity index (χ0n) is 20.3. The summed E-state index contributed by atoms with van der Waals surface area (Å²) in [7, 11) is 1.67. The Labute approximate surface area is 201 Å². The number of nitrogens with one attached hydrogen (secondary N) is 3. The van der Waals surface area contributed by atoms with Crippen LogP contribution >= 0.6 is 0 Å². The maximum atomic E-state index is 13.0. The van der Waals surface area contributed by atoms with Gasteiger partial charge in [0.1, 0.15) is 24.4 Å². The summed E-state index contributed by atoms with van der Waals surface area (Å²) in [6, 6.07) is 5.25. The summed E-state index contributed by atoms with van der Waals surface area (Å²) >= 11 is 0. The molecule has 1 heterocycles. The van der Waals surface area contributed by atoms with E-state index in [1.54, 1.807) is 31.3 Å². The van der Waals surface area contributed by atoms with Gasteiger partial charge in [-0.1, -0.05) is 26.0 Å². The molecule has 1 aliphatic heterocycles. The van der Waals surface area contributed by atoms with Gasteiger partial charge in [-0.25, -0.2) is 0 Å². The minimum Gasteiger partial charge on any atom is -0.491 e. The number of nitrogens with zero attached hydrogens (tertiary/aromatic N) is 1. The van der Waals surface area contributed by atoms with E-state index in [-0.39, 0.29) is 43.1 Å². The van der Waals surface area contributed by atoms with E-state index in [9.17, 15) is 19.2 Å². The molecule has 186 valence electrons. The third kappa shape index (κ3) is 7.46. The maximum Gasteiger partial charge on any atom is 0.255 e. The lowest BCUT2D eigenvalue weighted by Crippen LogP contribution is -2.50. The van der Waals surface area contributed by atoms with Gasteiger partial charge in [-0.3, -0.25) is 19.2 Å². The van der Waals surface area contributed by atoms with Crippen LogP contribution in [0.25, 0.3) is 0 Å². The fourth-order valence-electron chi connectivity index (χ4n) is 3.88. The summed E-state index contributed by atoms with van der Waals surface area (Å²) in [5, 5.41) is 8.50. The molecule has 3 N–H and O–H groups in total. The lowest BCUT2D eigenvalue weighted by molar-refractivity contribution is -0.136. The van der Waals surface area contributed by atoms with Crippen molar-refractivity contribution < 1.29 is 23.9 Å². The number of hydrogen-bond donors (Lipinski definition) is 3. The van der Waals surface area contributed by atoms with Gasteiger partial charge < -0.3 is 25.6 Å². The molecule has 1 saturated carbocycles. The summed E-state index contributed by atoms with van der Waals surface area (Å²) in [6.45, 7) is 5.02. The number of carbonyl (C=O) groups is 4. The Morgan fingerprint density at radius 3 is 2.59 bits per heavy atom. The molecule has 0 spiro atoms. The van der Waals surface area contributed by atoms with Crippen LogP contribution in [0.3, 0.4) is 0 Å². The molecule has 0 bridgehead atoms. The highest BCUT2D eigenvalue weighted by molar-refractivity contribution is 5.99. The van der Waals surface area contributed by atoms with Gasteiger partial charge in [0, 0.05) is 20.0 Å².